The van der Waals surface area contributed by atoms with Crippen LogP contribution in [0.4, 0.5) is 0 Å². The molecule has 2 nitrogen and oxygen atoms in total. The highest BCUT2D eigenvalue weighted by atomic mass is 33.1. The third kappa shape index (κ3) is 4.51. The molecule has 0 aromatic rings. The first kappa shape index (κ1) is 12.1. The van der Waals surface area contributed by atoms with Gasteiger partial charge in [-0.05, 0) is 27.7 Å². The molecule has 80 valence electrons. The molecular weight excluding hydrogens is 212 g/mol. The van der Waals surface area contributed by atoms with E-state index in [0.717, 1.165) is 13.1 Å². The maximum absolute atomic E-state index is 4.36. The number of hydrogen-bond donors (Lipinski definition) is 0. The van der Waals surface area contributed by atoms with Crippen LogP contribution >= 0.6 is 21.6 Å². The molecule has 0 fully saturated rings. The van der Waals surface area contributed by atoms with Gasteiger partial charge in [-0.2, -0.15) is 0 Å². The summed E-state index contributed by atoms with van der Waals surface area (Å²) in [6.45, 7) is 10.4. The summed E-state index contributed by atoms with van der Waals surface area (Å²) in [6.07, 6.45) is 4.09. The van der Waals surface area contributed by atoms with Gasteiger partial charge in [-0.1, -0.05) is 21.6 Å². The Morgan fingerprint density at radius 2 is 1.21 bits per heavy atom. The molecule has 0 atom stereocenters. The molecular formula is C10H18N2S2. The molecule has 0 aliphatic carbocycles. The maximum Gasteiger partial charge on any atom is 0.0581 e. The van der Waals surface area contributed by atoms with Crippen molar-refractivity contribution in [1.29, 1.82) is 0 Å². The van der Waals surface area contributed by atoms with Gasteiger partial charge in [-0.25, -0.2) is 0 Å². The van der Waals surface area contributed by atoms with E-state index in [2.05, 4.69) is 37.7 Å². The summed E-state index contributed by atoms with van der Waals surface area (Å²) in [5.41, 5.74) is 0. The Morgan fingerprint density at radius 1 is 0.857 bits per heavy atom. The maximum atomic E-state index is 4.36. The Bertz CT molecular complexity index is 219. The van der Waals surface area contributed by atoms with Gasteiger partial charge in [-0.3, -0.25) is 9.98 Å². The summed E-state index contributed by atoms with van der Waals surface area (Å²) < 4.78 is 0.236. The van der Waals surface area contributed by atoms with Crippen LogP contribution in [0.1, 0.15) is 27.7 Å². The topological polar surface area (TPSA) is 24.7 Å². The highest BCUT2D eigenvalue weighted by Gasteiger charge is 2.23. The molecule has 0 radical (unpaired) electrons. The Kier molecular flexibility index (Phi) is 4.07. The normalized spacial score (nSPS) is 26.0. The molecule has 0 spiro atoms. The van der Waals surface area contributed by atoms with Crippen molar-refractivity contribution in [2.75, 3.05) is 13.1 Å². The Balaban J connectivity index is 2.70. The van der Waals surface area contributed by atoms with Crippen LogP contribution < -0.4 is 0 Å². The Morgan fingerprint density at radius 3 is 1.57 bits per heavy atom. The van der Waals surface area contributed by atoms with Crippen molar-refractivity contribution in [2.24, 2.45) is 9.98 Å². The molecule has 1 aliphatic rings. The number of hydrogen-bond acceptors (Lipinski definition) is 4. The highest BCUT2D eigenvalue weighted by molar-refractivity contribution is 8.78. The zero-order valence-electron chi connectivity index (χ0n) is 9.28. The molecule has 0 saturated heterocycles. The minimum absolute atomic E-state index is 0.118. The average Bonchev–Trinajstić information content (AvgIpc) is 2.08. The van der Waals surface area contributed by atoms with Gasteiger partial charge in [0.15, 0.2) is 0 Å². The predicted molar refractivity (Wildman–Crippen MR) is 70.1 cm³/mol. The van der Waals surface area contributed by atoms with Crippen molar-refractivity contribution in [2.45, 2.75) is 37.2 Å². The fraction of sp³-hybridized carbons (Fsp3) is 0.800. The van der Waals surface area contributed by atoms with E-state index in [1.54, 1.807) is 0 Å². The molecule has 0 amide bonds. The van der Waals surface area contributed by atoms with Crippen LogP contribution in [0.5, 0.6) is 0 Å². The van der Waals surface area contributed by atoms with E-state index >= 15 is 0 Å². The van der Waals surface area contributed by atoms with E-state index < -0.39 is 0 Å². The van der Waals surface area contributed by atoms with Crippen LogP contribution in [0, 0.1) is 0 Å². The van der Waals surface area contributed by atoms with Crippen LogP contribution in [-0.2, 0) is 0 Å². The fourth-order valence-electron chi connectivity index (χ4n) is 0.942. The zero-order valence-corrected chi connectivity index (χ0v) is 10.9. The van der Waals surface area contributed by atoms with E-state index in [1.807, 2.05) is 34.0 Å². The van der Waals surface area contributed by atoms with Gasteiger partial charge in [0.25, 0.3) is 0 Å². The molecule has 1 heterocycles. The number of rotatable bonds is 0. The van der Waals surface area contributed by atoms with Crippen LogP contribution in [0.25, 0.3) is 0 Å². The van der Waals surface area contributed by atoms with Crippen molar-refractivity contribution in [3.8, 4) is 0 Å². The van der Waals surface area contributed by atoms with Crippen LogP contribution in [-0.4, -0.2) is 35.0 Å². The van der Waals surface area contributed by atoms with Crippen LogP contribution in [0.2, 0.25) is 0 Å². The summed E-state index contributed by atoms with van der Waals surface area (Å²) >= 11 is 0. The number of nitrogens with zero attached hydrogens (tertiary/aromatic N) is 2. The number of aliphatic imine (C=N–C) groups is 2. The summed E-state index contributed by atoms with van der Waals surface area (Å²) in [5.74, 6) is 0. The first-order chi connectivity index (χ1) is 6.41. The van der Waals surface area contributed by atoms with Gasteiger partial charge in [0, 0.05) is 12.4 Å². The molecule has 0 saturated carbocycles. The molecule has 14 heavy (non-hydrogen) atoms. The summed E-state index contributed by atoms with van der Waals surface area (Å²) in [6, 6.07) is 0. The van der Waals surface area contributed by atoms with Crippen LogP contribution in [0.15, 0.2) is 9.98 Å². The van der Waals surface area contributed by atoms with Crippen molar-refractivity contribution in [1.82, 2.24) is 0 Å². The van der Waals surface area contributed by atoms with Crippen molar-refractivity contribution < 1.29 is 0 Å². The first-order valence-corrected chi connectivity index (χ1v) is 6.95. The van der Waals surface area contributed by atoms with Gasteiger partial charge in [0.05, 0.1) is 22.6 Å². The standard InChI is InChI=1S/C10H18N2S2/c1-9(2)7-11-5-6-12-8-10(3,4)14-13-9/h7-8H,5-6H2,1-4H3. The SMILES string of the molecule is CC1(C)C=NCCN=CC(C)(C)SS1. The van der Waals surface area contributed by atoms with E-state index in [9.17, 15) is 0 Å². The van der Waals surface area contributed by atoms with Gasteiger partial charge >= 0.3 is 0 Å². The second-order valence-electron chi connectivity index (χ2n) is 4.44. The second-order valence-corrected chi connectivity index (χ2v) is 7.88. The van der Waals surface area contributed by atoms with Crippen LogP contribution in [0.3, 0.4) is 0 Å². The summed E-state index contributed by atoms with van der Waals surface area (Å²) in [7, 11) is 3.72. The largest absolute Gasteiger partial charge is 0.294 e. The first-order valence-electron chi connectivity index (χ1n) is 4.80. The summed E-state index contributed by atoms with van der Waals surface area (Å²) in [4.78, 5) is 8.72. The third-order valence-electron chi connectivity index (χ3n) is 1.63. The second kappa shape index (κ2) is 4.71. The minimum Gasteiger partial charge on any atom is -0.294 e. The van der Waals surface area contributed by atoms with E-state index in [4.69, 9.17) is 0 Å². The fourth-order valence-corrected chi connectivity index (χ4v) is 3.15. The lowest BCUT2D eigenvalue weighted by atomic mass is 10.2. The molecule has 0 aromatic carbocycles. The predicted octanol–water partition coefficient (Wildman–Crippen LogP) is 3.08. The smallest absolute Gasteiger partial charge is 0.0581 e. The lowest BCUT2D eigenvalue weighted by Gasteiger charge is -2.25. The average molecular weight is 230 g/mol. The molecule has 0 N–H and O–H groups in total. The lowest BCUT2D eigenvalue weighted by molar-refractivity contribution is 0.912. The molecule has 1 aliphatic heterocycles. The van der Waals surface area contributed by atoms with E-state index in [1.165, 1.54) is 0 Å². The van der Waals surface area contributed by atoms with E-state index in [0.29, 0.717) is 0 Å². The monoisotopic (exact) mass is 230 g/mol. The molecule has 4 heteroatoms. The zero-order chi connectivity index (χ0) is 10.7. The van der Waals surface area contributed by atoms with E-state index in [-0.39, 0.29) is 9.49 Å². The highest BCUT2D eigenvalue weighted by Crippen LogP contribution is 2.42. The third-order valence-corrected chi connectivity index (χ3v) is 5.61. The van der Waals surface area contributed by atoms with Crippen molar-refractivity contribution in [3.63, 3.8) is 0 Å². The summed E-state index contributed by atoms with van der Waals surface area (Å²) in [5, 5.41) is 0. The molecule has 0 aromatic heterocycles. The molecule has 0 unspecified atom stereocenters. The van der Waals surface area contributed by atoms with Crippen molar-refractivity contribution >= 4 is 34.0 Å². The Labute approximate surface area is 94.5 Å². The molecule has 0 bridgehead atoms. The Hall–Kier alpha value is 0.0400. The molecule has 1 rings (SSSR count). The van der Waals surface area contributed by atoms with Gasteiger partial charge < -0.3 is 0 Å². The van der Waals surface area contributed by atoms with Gasteiger partial charge in [0.2, 0.25) is 0 Å². The van der Waals surface area contributed by atoms with Gasteiger partial charge in [0.1, 0.15) is 0 Å². The lowest BCUT2D eigenvalue weighted by Crippen LogP contribution is -2.22. The quantitative estimate of drug-likeness (QED) is 0.597. The van der Waals surface area contributed by atoms with Gasteiger partial charge in [-0.15, -0.1) is 0 Å². The minimum atomic E-state index is 0.118. The van der Waals surface area contributed by atoms with Crippen molar-refractivity contribution in [3.05, 3.63) is 0 Å².